The Balaban J connectivity index is 1.72. The Morgan fingerprint density at radius 1 is 1.39 bits per heavy atom. The molecule has 0 aliphatic carbocycles. The second-order valence-corrected chi connectivity index (χ2v) is 5.06. The van der Waals surface area contributed by atoms with Crippen molar-refractivity contribution >= 4 is 5.82 Å². The Morgan fingerprint density at radius 3 is 2.89 bits per heavy atom. The SMILES string of the molecule is Cc1cccc(NCC(C)CN2CCOCC2)n1. The Kier molecular flexibility index (Phi) is 4.96. The van der Waals surface area contributed by atoms with Crippen molar-refractivity contribution in [3.8, 4) is 0 Å². The van der Waals surface area contributed by atoms with E-state index in [1.807, 2.05) is 25.1 Å². The molecule has 1 saturated heterocycles. The highest BCUT2D eigenvalue weighted by Crippen LogP contribution is 2.07. The van der Waals surface area contributed by atoms with Crippen LogP contribution in [0, 0.1) is 12.8 Å². The zero-order valence-corrected chi connectivity index (χ0v) is 11.4. The van der Waals surface area contributed by atoms with E-state index in [0.29, 0.717) is 5.92 Å². The molecule has 0 amide bonds. The lowest BCUT2D eigenvalue weighted by molar-refractivity contribution is 0.0325. The summed E-state index contributed by atoms with van der Waals surface area (Å²) in [4.78, 5) is 6.92. The van der Waals surface area contributed by atoms with Crippen LogP contribution in [0.3, 0.4) is 0 Å². The fourth-order valence-electron chi connectivity index (χ4n) is 2.21. The van der Waals surface area contributed by atoms with E-state index in [1.165, 1.54) is 0 Å². The van der Waals surface area contributed by atoms with Crippen molar-refractivity contribution in [2.75, 3.05) is 44.7 Å². The topological polar surface area (TPSA) is 37.4 Å². The molecule has 100 valence electrons. The number of nitrogens with one attached hydrogen (secondary N) is 1. The molecule has 2 rings (SSSR count). The first-order valence-corrected chi connectivity index (χ1v) is 6.71. The molecule has 0 radical (unpaired) electrons. The lowest BCUT2D eigenvalue weighted by Gasteiger charge is -2.29. The molecule has 2 heterocycles. The minimum absolute atomic E-state index is 0.616. The van der Waals surface area contributed by atoms with Gasteiger partial charge in [0.2, 0.25) is 0 Å². The van der Waals surface area contributed by atoms with E-state index < -0.39 is 0 Å². The molecule has 1 N–H and O–H groups in total. The molecule has 0 aromatic carbocycles. The van der Waals surface area contributed by atoms with Crippen LogP contribution in [-0.2, 0) is 4.74 Å². The summed E-state index contributed by atoms with van der Waals surface area (Å²) in [5.74, 6) is 1.59. The van der Waals surface area contributed by atoms with Gasteiger partial charge in [0.1, 0.15) is 5.82 Å². The minimum Gasteiger partial charge on any atom is -0.379 e. The maximum absolute atomic E-state index is 5.36. The zero-order chi connectivity index (χ0) is 12.8. The molecule has 0 spiro atoms. The van der Waals surface area contributed by atoms with Crippen molar-refractivity contribution in [1.82, 2.24) is 9.88 Å². The summed E-state index contributed by atoms with van der Waals surface area (Å²) in [6, 6.07) is 6.08. The minimum atomic E-state index is 0.616. The molecule has 0 saturated carbocycles. The van der Waals surface area contributed by atoms with E-state index in [1.54, 1.807) is 0 Å². The van der Waals surface area contributed by atoms with Crippen LogP contribution in [0.4, 0.5) is 5.82 Å². The van der Waals surface area contributed by atoms with Crippen LogP contribution < -0.4 is 5.32 Å². The maximum atomic E-state index is 5.36. The third kappa shape index (κ3) is 4.27. The van der Waals surface area contributed by atoms with Crippen LogP contribution >= 0.6 is 0 Å². The van der Waals surface area contributed by atoms with Gasteiger partial charge in [-0.3, -0.25) is 4.90 Å². The van der Waals surface area contributed by atoms with Crippen LogP contribution in [0.2, 0.25) is 0 Å². The van der Waals surface area contributed by atoms with E-state index in [2.05, 4.69) is 22.1 Å². The molecule has 1 atom stereocenters. The first kappa shape index (κ1) is 13.3. The predicted octanol–water partition coefficient (Wildman–Crippen LogP) is 1.77. The van der Waals surface area contributed by atoms with Gasteiger partial charge in [0, 0.05) is 31.9 Å². The van der Waals surface area contributed by atoms with Crippen molar-refractivity contribution in [1.29, 1.82) is 0 Å². The second-order valence-electron chi connectivity index (χ2n) is 5.06. The highest BCUT2D eigenvalue weighted by molar-refractivity contribution is 5.34. The predicted molar refractivity (Wildman–Crippen MR) is 73.9 cm³/mol. The summed E-state index contributed by atoms with van der Waals surface area (Å²) >= 11 is 0. The molecule has 1 unspecified atom stereocenters. The fourth-order valence-corrected chi connectivity index (χ4v) is 2.21. The van der Waals surface area contributed by atoms with Crippen LogP contribution in [0.25, 0.3) is 0 Å². The third-order valence-electron chi connectivity index (χ3n) is 3.19. The number of ether oxygens (including phenoxy) is 1. The summed E-state index contributed by atoms with van der Waals surface area (Å²) in [5, 5.41) is 3.41. The number of morpholine rings is 1. The Bertz CT molecular complexity index is 364. The Labute approximate surface area is 109 Å². The summed E-state index contributed by atoms with van der Waals surface area (Å²) in [6.07, 6.45) is 0. The fraction of sp³-hybridized carbons (Fsp3) is 0.643. The number of aromatic nitrogens is 1. The van der Waals surface area contributed by atoms with Crippen LogP contribution in [-0.4, -0.2) is 49.3 Å². The molecular formula is C14H23N3O. The third-order valence-corrected chi connectivity index (χ3v) is 3.19. The smallest absolute Gasteiger partial charge is 0.126 e. The number of nitrogens with zero attached hydrogens (tertiary/aromatic N) is 2. The van der Waals surface area contributed by atoms with Crippen molar-refractivity contribution in [3.05, 3.63) is 23.9 Å². The van der Waals surface area contributed by atoms with Crippen molar-refractivity contribution in [2.24, 2.45) is 5.92 Å². The molecular weight excluding hydrogens is 226 g/mol. The number of aryl methyl sites for hydroxylation is 1. The van der Waals surface area contributed by atoms with Gasteiger partial charge in [0.05, 0.1) is 13.2 Å². The molecule has 4 nitrogen and oxygen atoms in total. The highest BCUT2D eigenvalue weighted by Gasteiger charge is 2.13. The van der Waals surface area contributed by atoms with Gasteiger partial charge >= 0.3 is 0 Å². The van der Waals surface area contributed by atoms with Crippen LogP contribution in [0.15, 0.2) is 18.2 Å². The van der Waals surface area contributed by atoms with E-state index in [0.717, 1.165) is 50.9 Å². The quantitative estimate of drug-likeness (QED) is 0.863. The second kappa shape index (κ2) is 6.71. The molecule has 1 aromatic rings. The van der Waals surface area contributed by atoms with Crippen LogP contribution in [0.5, 0.6) is 0 Å². The first-order chi connectivity index (χ1) is 8.74. The van der Waals surface area contributed by atoms with Gasteiger partial charge in [-0.2, -0.15) is 0 Å². The van der Waals surface area contributed by atoms with E-state index in [4.69, 9.17) is 4.74 Å². The summed E-state index contributed by atoms with van der Waals surface area (Å²) in [7, 11) is 0. The Morgan fingerprint density at radius 2 is 2.17 bits per heavy atom. The average Bonchev–Trinajstić information content (AvgIpc) is 2.38. The average molecular weight is 249 g/mol. The summed E-state index contributed by atoms with van der Waals surface area (Å²) in [5.41, 5.74) is 1.06. The lowest BCUT2D eigenvalue weighted by Crippen LogP contribution is -2.40. The van der Waals surface area contributed by atoms with Gasteiger partial charge in [0.25, 0.3) is 0 Å². The standard InChI is InChI=1S/C14H23N3O/c1-12(11-17-6-8-18-9-7-17)10-15-14-5-3-4-13(2)16-14/h3-5,12H,6-11H2,1-2H3,(H,15,16). The summed E-state index contributed by atoms with van der Waals surface area (Å²) in [6.45, 7) is 10.3. The van der Waals surface area contributed by atoms with E-state index in [9.17, 15) is 0 Å². The number of hydrogen-bond acceptors (Lipinski definition) is 4. The molecule has 1 fully saturated rings. The normalized spacial score (nSPS) is 18.6. The van der Waals surface area contributed by atoms with Crippen molar-refractivity contribution in [2.45, 2.75) is 13.8 Å². The molecule has 0 bridgehead atoms. The number of hydrogen-bond donors (Lipinski definition) is 1. The van der Waals surface area contributed by atoms with Gasteiger partial charge in [0.15, 0.2) is 0 Å². The maximum Gasteiger partial charge on any atom is 0.126 e. The van der Waals surface area contributed by atoms with Gasteiger partial charge < -0.3 is 10.1 Å². The first-order valence-electron chi connectivity index (χ1n) is 6.71. The molecule has 18 heavy (non-hydrogen) atoms. The van der Waals surface area contributed by atoms with Gasteiger partial charge in [-0.1, -0.05) is 13.0 Å². The monoisotopic (exact) mass is 249 g/mol. The van der Waals surface area contributed by atoms with E-state index >= 15 is 0 Å². The molecule has 1 aliphatic heterocycles. The van der Waals surface area contributed by atoms with E-state index in [-0.39, 0.29) is 0 Å². The zero-order valence-electron chi connectivity index (χ0n) is 11.4. The van der Waals surface area contributed by atoms with Crippen molar-refractivity contribution in [3.63, 3.8) is 0 Å². The van der Waals surface area contributed by atoms with Gasteiger partial charge in [-0.25, -0.2) is 4.98 Å². The molecule has 1 aromatic heterocycles. The highest BCUT2D eigenvalue weighted by atomic mass is 16.5. The van der Waals surface area contributed by atoms with Crippen molar-refractivity contribution < 1.29 is 4.74 Å². The van der Waals surface area contributed by atoms with Gasteiger partial charge in [-0.15, -0.1) is 0 Å². The molecule has 1 aliphatic rings. The van der Waals surface area contributed by atoms with Gasteiger partial charge in [-0.05, 0) is 25.0 Å². The summed E-state index contributed by atoms with van der Waals surface area (Å²) < 4.78 is 5.36. The lowest BCUT2D eigenvalue weighted by atomic mass is 10.1. The number of pyridine rings is 1. The largest absolute Gasteiger partial charge is 0.379 e. The molecule has 4 heteroatoms. The number of anilines is 1. The Hall–Kier alpha value is -1.13. The van der Waals surface area contributed by atoms with Crippen LogP contribution in [0.1, 0.15) is 12.6 Å². The number of rotatable bonds is 5.